The molecule has 0 atom stereocenters. The number of methoxy groups -OCH3 is 4. The van der Waals surface area contributed by atoms with Gasteiger partial charge in [0.15, 0.2) is 11.5 Å². The van der Waals surface area contributed by atoms with Crippen molar-refractivity contribution in [2.45, 2.75) is 0 Å². The molecule has 6 nitrogen and oxygen atoms in total. The molecule has 0 unspecified atom stereocenters. The summed E-state index contributed by atoms with van der Waals surface area (Å²) in [6.45, 7) is 0. The Morgan fingerprint density at radius 2 is 1.52 bits per heavy atom. The van der Waals surface area contributed by atoms with Crippen LogP contribution < -0.4 is 24.5 Å². The summed E-state index contributed by atoms with van der Waals surface area (Å²) in [5.74, 6) is 1.90. The van der Waals surface area contributed by atoms with E-state index in [-0.39, 0.29) is 5.56 Å². The van der Waals surface area contributed by atoms with Gasteiger partial charge in [-0.2, -0.15) is 0 Å². The largest absolute Gasteiger partial charge is 0.496 e. The predicted octanol–water partition coefficient (Wildman–Crippen LogP) is 3.08. The van der Waals surface area contributed by atoms with Crippen LogP contribution in [0.3, 0.4) is 0 Å². The Morgan fingerprint density at radius 1 is 0.800 bits per heavy atom. The number of rotatable bonds is 4. The highest BCUT2D eigenvalue weighted by molar-refractivity contribution is 6.16. The van der Waals surface area contributed by atoms with Crippen molar-refractivity contribution in [3.8, 4) is 23.0 Å². The van der Waals surface area contributed by atoms with Crippen LogP contribution in [-0.2, 0) is 0 Å². The molecule has 0 aliphatic rings. The molecule has 0 spiro atoms. The van der Waals surface area contributed by atoms with Gasteiger partial charge in [-0.25, -0.2) is 0 Å². The number of hydrogen-bond acceptors (Lipinski definition) is 5. The Balaban J connectivity index is 2.39. The fourth-order valence-electron chi connectivity index (χ4n) is 3.50. The molecule has 4 aromatic rings. The van der Waals surface area contributed by atoms with Crippen LogP contribution in [0.2, 0.25) is 0 Å². The predicted molar refractivity (Wildman–Crippen MR) is 96.1 cm³/mol. The lowest BCUT2D eigenvalue weighted by Gasteiger charge is -2.17. The molecule has 0 saturated heterocycles. The first kappa shape index (κ1) is 15.4. The number of aromatic nitrogens is 1. The van der Waals surface area contributed by atoms with E-state index in [2.05, 4.69) is 0 Å². The van der Waals surface area contributed by atoms with Crippen LogP contribution in [-0.4, -0.2) is 32.8 Å². The minimum atomic E-state index is -0.177. The average Bonchev–Trinajstić information content (AvgIpc) is 3.08. The van der Waals surface area contributed by atoms with Crippen molar-refractivity contribution in [3.63, 3.8) is 0 Å². The minimum absolute atomic E-state index is 0.177. The Kier molecular flexibility index (Phi) is 3.35. The fraction of sp³-hybridized carbons (Fsp3) is 0.211. The van der Waals surface area contributed by atoms with Gasteiger partial charge in [0.1, 0.15) is 5.75 Å². The number of hydrogen-bond donors (Lipinski definition) is 0. The van der Waals surface area contributed by atoms with Gasteiger partial charge in [-0.3, -0.25) is 9.20 Å². The van der Waals surface area contributed by atoms with E-state index in [1.54, 1.807) is 30.9 Å². The molecule has 2 aromatic heterocycles. The fourth-order valence-corrected chi connectivity index (χ4v) is 3.50. The third kappa shape index (κ3) is 1.88. The minimum Gasteiger partial charge on any atom is -0.496 e. The van der Waals surface area contributed by atoms with Crippen molar-refractivity contribution in [2.75, 3.05) is 28.4 Å². The summed E-state index contributed by atoms with van der Waals surface area (Å²) >= 11 is 0. The second-order valence-corrected chi connectivity index (χ2v) is 5.64. The molecule has 0 aliphatic heterocycles. The second-order valence-electron chi connectivity index (χ2n) is 5.64. The summed E-state index contributed by atoms with van der Waals surface area (Å²) < 4.78 is 23.6. The maximum absolute atomic E-state index is 13.1. The summed E-state index contributed by atoms with van der Waals surface area (Å²) in [6, 6.07) is 7.53. The van der Waals surface area contributed by atoms with Gasteiger partial charge in [-0.15, -0.1) is 0 Å². The van der Waals surface area contributed by atoms with Crippen LogP contribution >= 0.6 is 0 Å². The molecule has 0 saturated carbocycles. The van der Waals surface area contributed by atoms with Crippen molar-refractivity contribution >= 4 is 27.1 Å². The normalized spacial score (nSPS) is 11.4. The van der Waals surface area contributed by atoms with Gasteiger partial charge in [-0.05, 0) is 24.3 Å². The van der Waals surface area contributed by atoms with E-state index in [0.717, 1.165) is 16.3 Å². The van der Waals surface area contributed by atoms with Crippen LogP contribution in [0.15, 0.2) is 35.3 Å². The van der Waals surface area contributed by atoms with Crippen molar-refractivity contribution in [1.29, 1.82) is 0 Å². The number of pyridine rings is 1. The molecule has 0 amide bonds. The topological polar surface area (TPSA) is 58.4 Å². The lowest BCUT2D eigenvalue weighted by Crippen LogP contribution is -2.14. The summed E-state index contributed by atoms with van der Waals surface area (Å²) in [4.78, 5) is 13.1. The lowest BCUT2D eigenvalue weighted by molar-refractivity contribution is 0.327. The average molecular weight is 339 g/mol. The molecule has 2 heterocycles. The molecule has 0 radical (unpaired) electrons. The zero-order valence-corrected chi connectivity index (χ0v) is 14.4. The zero-order chi connectivity index (χ0) is 17.7. The SMILES string of the molecule is COc1cc2c(c(OC)c1OC)c(=O)n1ccc3ccc(OC)c2c31. The van der Waals surface area contributed by atoms with Crippen LogP contribution in [0, 0.1) is 0 Å². The first-order valence-corrected chi connectivity index (χ1v) is 7.72. The van der Waals surface area contributed by atoms with E-state index in [4.69, 9.17) is 18.9 Å². The molecular weight excluding hydrogens is 322 g/mol. The van der Waals surface area contributed by atoms with E-state index < -0.39 is 0 Å². The molecule has 6 heteroatoms. The maximum atomic E-state index is 13.1. The summed E-state index contributed by atoms with van der Waals surface area (Å²) in [5, 5.41) is 2.92. The molecule has 0 N–H and O–H groups in total. The van der Waals surface area contributed by atoms with Gasteiger partial charge in [0, 0.05) is 22.4 Å². The van der Waals surface area contributed by atoms with Crippen LogP contribution in [0.4, 0.5) is 0 Å². The number of benzene rings is 2. The van der Waals surface area contributed by atoms with Gasteiger partial charge in [-0.1, -0.05) is 0 Å². The van der Waals surface area contributed by atoms with Crippen LogP contribution in [0.25, 0.3) is 27.1 Å². The van der Waals surface area contributed by atoms with E-state index in [1.165, 1.54) is 14.2 Å². The molecule has 2 aromatic carbocycles. The van der Waals surface area contributed by atoms with Crippen molar-refractivity contribution < 1.29 is 18.9 Å². The zero-order valence-electron chi connectivity index (χ0n) is 14.4. The van der Waals surface area contributed by atoms with E-state index in [9.17, 15) is 4.79 Å². The number of fused-ring (bicyclic) bond motifs is 2. The highest BCUT2D eigenvalue weighted by Gasteiger charge is 2.23. The maximum Gasteiger partial charge on any atom is 0.266 e. The Bertz CT molecular complexity index is 1160. The van der Waals surface area contributed by atoms with Gasteiger partial charge >= 0.3 is 0 Å². The third-order valence-electron chi connectivity index (χ3n) is 4.57. The van der Waals surface area contributed by atoms with Crippen molar-refractivity contribution in [1.82, 2.24) is 4.40 Å². The monoisotopic (exact) mass is 339 g/mol. The van der Waals surface area contributed by atoms with Gasteiger partial charge in [0.25, 0.3) is 5.56 Å². The molecular formula is C19H17NO5. The number of nitrogens with zero attached hydrogens (tertiary/aromatic N) is 1. The van der Waals surface area contributed by atoms with Crippen molar-refractivity contribution in [3.05, 3.63) is 40.8 Å². The van der Waals surface area contributed by atoms with Crippen molar-refractivity contribution in [2.24, 2.45) is 0 Å². The smallest absolute Gasteiger partial charge is 0.266 e. The first-order chi connectivity index (χ1) is 12.2. The highest BCUT2D eigenvalue weighted by atomic mass is 16.5. The van der Waals surface area contributed by atoms with Gasteiger partial charge in [0.05, 0.1) is 39.3 Å². The molecule has 25 heavy (non-hydrogen) atoms. The summed E-state index contributed by atoms with van der Waals surface area (Å²) in [7, 11) is 6.18. The van der Waals surface area contributed by atoms with E-state index in [1.807, 2.05) is 18.2 Å². The Labute approximate surface area is 143 Å². The summed E-state index contributed by atoms with van der Waals surface area (Å²) in [6.07, 6.45) is 1.76. The van der Waals surface area contributed by atoms with E-state index in [0.29, 0.717) is 33.8 Å². The van der Waals surface area contributed by atoms with Crippen LogP contribution in [0.1, 0.15) is 0 Å². The number of ether oxygens (including phenoxy) is 4. The highest BCUT2D eigenvalue weighted by Crippen LogP contribution is 2.45. The molecule has 0 aliphatic carbocycles. The lowest BCUT2D eigenvalue weighted by atomic mass is 10.0. The third-order valence-corrected chi connectivity index (χ3v) is 4.57. The molecule has 128 valence electrons. The van der Waals surface area contributed by atoms with E-state index >= 15 is 0 Å². The van der Waals surface area contributed by atoms with Gasteiger partial charge in [0.2, 0.25) is 5.75 Å². The van der Waals surface area contributed by atoms with Crippen LogP contribution in [0.5, 0.6) is 23.0 Å². The molecule has 0 fully saturated rings. The standard InChI is InChI=1S/C19H17NO5/c1-22-12-6-5-10-7-8-20-16(10)14(12)11-9-13(23-2)17(24-3)18(25-4)15(11)19(20)21/h5-9H,1-4H3. The molecule has 4 rings (SSSR count). The Hall–Kier alpha value is -3.15. The van der Waals surface area contributed by atoms with Gasteiger partial charge < -0.3 is 18.9 Å². The Morgan fingerprint density at radius 3 is 2.16 bits per heavy atom. The first-order valence-electron chi connectivity index (χ1n) is 7.72. The second kappa shape index (κ2) is 5.44. The molecule has 0 bridgehead atoms. The quantitative estimate of drug-likeness (QED) is 0.535. The summed E-state index contributed by atoms with van der Waals surface area (Å²) in [5.41, 5.74) is 0.634.